The molecular weight excluding hydrogens is 440 g/mol. The summed E-state index contributed by atoms with van der Waals surface area (Å²) in [5.74, 6) is 2.06. The van der Waals surface area contributed by atoms with Gasteiger partial charge in [-0.2, -0.15) is 0 Å². The third-order valence-corrected chi connectivity index (χ3v) is 8.08. The Bertz CT molecular complexity index is 1140. The maximum atomic E-state index is 13.0. The highest BCUT2D eigenvalue weighted by molar-refractivity contribution is 7.19. The van der Waals surface area contributed by atoms with Crippen LogP contribution in [0.2, 0.25) is 5.02 Å². The molecule has 0 radical (unpaired) electrons. The van der Waals surface area contributed by atoms with Gasteiger partial charge in [-0.05, 0) is 49.8 Å². The van der Waals surface area contributed by atoms with Crippen molar-refractivity contribution in [1.82, 2.24) is 14.9 Å². The summed E-state index contributed by atoms with van der Waals surface area (Å²) in [6.07, 6.45) is 7.98. The molecule has 5 nitrogen and oxygen atoms in total. The molecule has 0 unspecified atom stereocenters. The molecule has 3 aromatic rings. The second-order valence-corrected chi connectivity index (χ2v) is 10.2. The van der Waals surface area contributed by atoms with Crippen LogP contribution < -0.4 is 4.90 Å². The Morgan fingerprint density at radius 2 is 1.88 bits per heavy atom. The number of anilines is 1. The molecule has 1 aliphatic carbocycles. The first-order chi connectivity index (χ1) is 15.7. The number of amides is 1. The number of benzene rings is 1. The van der Waals surface area contributed by atoms with Crippen LogP contribution in [0.25, 0.3) is 10.2 Å². The molecule has 32 heavy (non-hydrogen) atoms. The van der Waals surface area contributed by atoms with E-state index in [4.69, 9.17) is 21.6 Å². The molecule has 1 saturated heterocycles. The van der Waals surface area contributed by atoms with Gasteiger partial charge in [0.05, 0.1) is 16.0 Å². The molecule has 168 valence electrons. The largest absolute Gasteiger partial charge is 0.352 e. The molecule has 1 aliphatic heterocycles. The molecule has 1 fully saturated rings. The van der Waals surface area contributed by atoms with E-state index in [9.17, 15) is 4.79 Å². The summed E-state index contributed by atoms with van der Waals surface area (Å²) >= 11 is 8.14. The van der Waals surface area contributed by atoms with Crippen molar-refractivity contribution >= 4 is 44.9 Å². The summed E-state index contributed by atoms with van der Waals surface area (Å²) in [5, 5.41) is 1.79. The van der Waals surface area contributed by atoms with Crippen LogP contribution in [-0.4, -0.2) is 47.0 Å². The van der Waals surface area contributed by atoms with E-state index in [1.54, 1.807) is 6.07 Å². The van der Waals surface area contributed by atoms with Gasteiger partial charge in [0.2, 0.25) is 0 Å². The maximum absolute atomic E-state index is 13.0. The number of hydrogen-bond acceptors (Lipinski definition) is 5. The number of hydrogen-bond donors (Lipinski definition) is 0. The molecule has 0 spiro atoms. The highest BCUT2D eigenvalue weighted by Crippen LogP contribution is 2.40. The quantitative estimate of drug-likeness (QED) is 0.494. The number of aryl methyl sites for hydroxylation is 3. The van der Waals surface area contributed by atoms with Crippen LogP contribution in [0, 0.1) is 0 Å². The normalized spacial score (nSPS) is 16.4. The second kappa shape index (κ2) is 9.36. The molecule has 2 aromatic heterocycles. The first kappa shape index (κ1) is 21.7. The number of fused-ring (bicyclic) bond motifs is 3. The Balaban J connectivity index is 1.42. The second-order valence-electron chi connectivity index (χ2n) is 8.72. The Hall–Kier alpha value is -2.18. The van der Waals surface area contributed by atoms with Crippen molar-refractivity contribution in [3.05, 3.63) is 51.1 Å². The van der Waals surface area contributed by atoms with E-state index >= 15 is 0 Å². The minimum Gasteiger partial charge on any atom is -0.352 e. The predicted molar refractivity (Wildman–Crippen MR) is 132 cm³/mol. The van der Waals surface area contributed by atoms with Crippen molar-refractivity contribution in [1.29, 1.82) is 0 Å². The SMILES string of the molecule is CCCCc1nc(N2CCN(C(=O)c3ccccc3Cl)CC2)c2c3c(sc2n1)CCCC3. The van der Waals surface area contributed by atoms with Gasteiger partial charge in [-0.3, -0.25) is 4.79 Å². The Morgan fingerprint density at radius 3 is 2.66 bits per heavy atom. The molecule has 2 aliphatic rings. The van der Waals surface area contributed by atoms with Crippen LogP contribution in [0.15, 0.2) is 24.3 Å². The molecular formula is C25H29ClN4OS. The summed E-state index contributed by atoms with van der Waals surface area (Å²) in [5.41, 5.74) is 2.06. The van der Waals surface area contributed by atoms with Crippen molar-refractivity contribution in [3.63, 3.8) is 0 Å². The number of thiophene rings is 1. The van der Waals surface area contributed by atoms with Crippen molar-refractivity contribution in [2.24, 2.45) is 0 Å². The monoisotopic (exact) mass is 468 g/mol. The molecule has 5 rings (SSSR count). The zero-order valence-corrected chi connectivity index (χ0v) is 20.1. The summed E-state index contributed by atoms with van der Waals surface area (Å²) in [7, 11) is 0. The standard InChI is InChI=1S/C25H29ClN4OS/c1-2-3-12-21-27-23(22-18-9-5-7-11-20(18)32-24(22)28-21)29-13-15-30(16-14-29)25(31)17-8-4-6-10-19(17)26/h4,6,8,10H,2-3,5,7,9,11-16H2,1H3. The predicted octanol–water partition coefficient (Wildman–Crippen LogP) is 5.53. The van der Waals surface area contributed by atoms with Crippen LogP contribution in [0.3, 0.4) is 0 Å². The van der Waals surface area contributed by atoms with Crippen molar-refractivity contribution in [2.75, 3.05) is 31.1 Å². The molecule has 0 N–H and O–H groups in total. The van der Waals surface area contributed by atoms with Crippen molar-refractivity contribution < 1.29 is 4.79 Å². The van der Waals surface area contributed by atoms with Crippen molar-refractivity contribution in [3.8, 4) is 0 Å². The molecule has 1 aromatic carbocycles. The number of carbonyl (C=O) groups is 1. The fourth-order valence-corrected chi connectivity index (χ4v) is 6.27. The number of halogens is 1. The van der Waals surface area contributed by atoms with Gasteiger partial charge < -0.3 is 9.80 Å². The van der Waals surface area contributed by atoms with E-state index < -0.39 is 0 Å². The Morgan fingerprint density at radius 1 is 1.09 bits per heavy atom. The third-order valence-electron chi connectivity index (χ3n) is 6.57. The highest BCUT2D eigenvalue weighted by Gasteiger charge is 2.28. The first-order valence-electron chi connectivity index (χ1n) is 11.8. The van der Waals surface area contributed by atoms with E-state index in [1.165, 1.54) is 35.1 Å². The van der Waals surface area contributed by atoms with Gasteiger partial charge in [-0.15, -0.1) is 11.3 Å². The van der Waals surface area contributed by atoms with E-state index in [1.807, 2.05) is 34.4 Å². The number of rotatable bonds is 5. The molecule has 1 amide bonds. The maximum Gasteiger partial charge on any atom is 0.255 e. The molecule has 3 heterocycles. The molecule has 0 atom stereocenters. The minimum absolute atomic E-state index is 0.0135. The van der Waals surface area contributed by atoms with Crippen LogP contribution >= 0.6 is 22.9 Å². The first-order valence-corrected chi connectivity index (χ1v) is 12.9. The third kappa shape index (κ3) is 4.11. The smallest absolute Gasteiger partial charge is 0.255 e. The molecule has 0 bridgehead atoms. The minimum atomic E-state index is 0.0135. The van der Waals surface area contributed by atoms with Gasteiger partial charge in [-0.25, -0.2) is 9.97 Å². The van der Waals surface area contributed by atoms with Gasteiger partial charge in [0.1, 0.15) is 16.5 Å². The van der Waals surface area contributed by atoms with Crippen LogP contribution in [-0.2, 0) is 19.3 Å². The lowest BCUT2D eigenvalue weighted by Gasteiger charge is -2.36. The number of aromatic nitrogens is 2. The Kier molecular flexibility index (Phi) is 6.33. The van der Waals surface area contributed by atoms with Crippen LogP contribution in [0.4, 0.5) is 5.82 Å². The van der Waals surface area contributed by atoms with Gasteiger partial charge in [0, 0.05) is 37.5 Å². The Labute approximate surface area is 198 Å². The lowest BCUT2D eigenvalue weighted by atomic mass is 9.96. The summed E-state index contributed by atoms with van der Waals surface area (Å²) in [6, 6.07) is 7.31. The zero-order chi connectivity index (χ0) is 22.1. The van der Waals surface area contributed by atoms with E-state index in [0.717, 1.165) is 55.2 Å². The lowest BCUT2D eigenvalue weighted by molar-refractivity contribution is 0.0747. The topological polar surface area (TPSA) is 49.3 Å². The van der Waals surface area contributed by atoms with Gasteiger partial charge in [-0.1, -0.05) is 37.1 Å². The number of piperazine rings is 1. The summed E-state index contributed by atoms with van der Waals surface area (Å²) in [4.78, 5) is 30.0. The summed E-state index contributed by atoms with van der Waals surface area (Å²) in [6.45, 7) is 5.11. The number of nitrogens with zero attached hydrogens (tertiary/aromatic N) is 4. The van der Waals surface area contributed by atoms with Crippen LogP contribution in [0.1, 0.15) is 59.2 Å². The average molecular weight is 469 g/mol. The van der Waals surface area contributed by atoms with Crippen LogP contribution in [0.5, 0.6) is 0 Å². The molecule has 7 heteroatoms. The summed E-state index contributed by atoms with van der Waals surface area (Å²) < 4.78 is 0. The lowest BCUT2D eigenvalue weighted by Crippen LogP contribution is -2.49. The average Bonchev–Trinajstić information content (AvgIpc) is 3.21. The fourth-order valence-electron chi connectivity index (χ4n) is 4.78. The van der Waals surface area contributed by atoms with Gasteiger partial charge >= 0.3 is 0 Å². The van der Waals surface area contributed by atoms with E-state index in [2.05, 4.69) is 11.8 Å². The molecule has 0 saturated carbocycles. The highest BCUT2D eigenvalue weighted by atomic mass is 35.5. The fraction of sp³-hybridized carbons (Fsp3) is 0.480. The van der Waals surface area contributed by atoms with Crippen molar-refractivity contribution in [2.45, 2.75) is 51.9 Å². The van der Waals surface area contributed by atoms with Gasteiger partial charge in [0.15, 0.2) is 0 Å². The van der Waals surface area contributed by atoms with E-state index in [0.29, 0.717) is 23.7 Å². The zero-order valence-electron chi connectivity index (χ0n) is 18.6. The number of carbonyl (C=O) groups excluding carboxylic acids is 1. The van der Waals surface area contributed by atoms with E-state index in [-0.39, 0.29) is 5.91 Å². The van der Waals surface area contributed by atoms with Gasteiger partial charge in [0.25, 0.3) is 5.91 Å². The number of unbranched alkanes of at least 4 members (excludes halogenated alkanes) is 1.